The number of aliphatic hydroxyl groups is 2. The summed E-state index contributed by atoms with van der Waals surface area (Å²) in [6.07, 6.45) is 4.46. The normalized spacial score (nSPS) is 21.8. The van der Waals surface area contributed by atoms with Crippen molar-refractivity contribution in [2.24, 2.45) is 0 Å². The van der Waals surface area contributed by atoms with E-state index >= 15 is 0 Å². The molecule has 0 amide bonds. The highest BCUT2D eigenvalue weighted by Crippen LogP contribution is 2.19. The van der Waals surface area contributed by atoms with Crippen LogP contribution in [0.2, 0.25) is 0 Å². The monoisotopic (exact) mass is 128 g/mol. The van der Waals surface area contributed by atoms with Crippen molar-refractivity contribution in [2.45, 2.75) is 32.1 Å². The van der Waals surface area contributed by atoms with Crippen molar-refractivity contribution in [2.75, 3.05) is 0 Å². The average Bonchev–Trinajstić information content (AvgIpc) is 1.99. The molecule has 52 valence electrons. The van der Waals surface area contributed by atoms with Gasteiger partial charge < -0.3 is 10.2 Å². The fourth-order valence-corrected chi connectivity index (χ4v) is 1.05. The van der Waals surface area contributed by atoms with Crippen molar-refractivity contribution in [3.63, 3.8) is 0 Å². The van der Waals surface area contributed by atoms with Crippen LogP contribution >= 0.6 is 0 Å². The quantitative estimate of drug-likeness (QED) is 0.525. The Hall–Kier alpha value is -0.660. The second kappa shape index (κ2) is 2.76. The van der Waals surface area contributed by atoms with Gasteiger partial charge in [0.15, 0.2) is 0 Å². The molecule has 1 rings (SSSR count). The van der Waals surface area contributed by atoms with Crippen molar-refractivity contribution in [3.8, 4) is 0 Å². The second-order valence-corrected chi connectivity index (χ2v) is 2.45. The summed E-state index contributed by atoms with van der Waals surface area (Å²) in [6.45, 7) is 0. The van der Waals surface area contributed by atoms with E-state index in [1.807, 2.05) is 0 Å². The van der Waals surface area contributed by atoms with Crippen LogP contribution in [0, 0.1) is 0 Å². The molecule has 0 aromatic heterocycles. The molecule has 0 aliphatic heterocycles. The Bertz CT molecular complexity index is 113. The lowest BCUT2D eigenvalue weighted by molar-refractivity contribution is 0.305. The van der Waals surface area contributed by atoms with E-state index in [1.54, 1.807) is 0 Å². The Labute approximate surface area is 54.8 Å². The molecule has 2 N–H and O–H groups in total. The van der Waals surface area contributed by atoms with Gasteiger partial charge in [-0.3, -0.25) is 0 Å². The standard InChI is InChI=1S/C7H12O2/c8-6-4-2-1-3-5-7(6)9/h8-9H,1-5H2. The molecular formula is C7H12O2. The van der Waals surface area contributed by atoms with Gasteiger partial charge in [0.25, 0.3) is 0 Å². The predicted octanol–water partition coefficient (Wildman–Crippen LogP) is 2.28. The first-order valence-electron chi connectivity index (χ1n) is 3.40. The molecule has 1 aliphatic rings. The minimum atomic E-state index is 0.201. The lowest BCUT2D eigenvalue weighted by Gasteiger charge is -1.96. The van der Waals surface area contributed by atoms with Crippen LogP contribution in [0.25, 0.3) is 0 Å². The molecular weight excluding hydrogens is 116 g/mol. The molecule has 0 saturated heterocycles. The van der Waals surface area contributed by atoms with Crippen LogP contribution < -0.4 is 0 Å². The van der Waals surface area contributed by atoms with E-state index in [2.05, 4.69) is 0 Å². The molecule has 0 spiro atoms. The summed E-state index contributed by atoms with van der Waals surface area (Å²) in [5.74, 6) is 0.403. The third-order valence-electron chi connectivity index (χ3n) is 1.66. The largest absolute Gasteiger partial charge is 0.509 e. The molecule has 9 heavy (non-hydrogen) atoms. The van der Waals surface area contributed by atoms with Crippen LogP contribution in [-0.4, -0.2) is 10.2 Å². The van der Waals surface area contributed by atoms with Crippen molar-refractivity contribution < 1.29 is 10.2 Å². The zero-order valence-electron chi connectivity index (χ0n) is 5.43. The SMILES string of the molecule is OC1=C(O)CCCCC1. The number of hydrogen-bond acceptors (Lipinski definition) is 2. The van der Waals surface area contributed by atoms with Gasteiger partial charge in [-0.2, -0.15) is 0 Å². The first-order valence-corrected chi connectivity index (χ1v) is 3.40. The molecule has 0 atom stereocenters. The van der Waals surface area contributed by atoms with E-state index in [9.17, 15) is 0 Å². The Balaban J connectivity index is 2.55. The maximum Gasteiger partial charge on any atom is 0.129 e. The third kappa shape index (κ3) is 1.63. The molecule has 0 unspecified atom stereocenters. The molecule has 0 radical (unpaired) electrons. The number of rotatable bonds is 0. The van der Waals surface area contributed by atoms with Crippen molar-refractivity contribution in [3.05, 3.63) is 11.5 Å². The maximum atomic E-state index is 8.99. The van der Waals surface area contributed by atoms with Gasteiger partial charge in [-0.15, -0.1) is 0 Å². The van der Waals surface area contributed by atoms with Crippen molar-refractivity contribution in [1.82, 2.24) is 0 Å². The minimum absolute atomic E-state index is 0.201. The van der Waals surface area contributed by atoms with Gasteiger partial charge >= 0.3 is 0 Å². The average molecular weight is 128 g/mol. The topological polar surface area (TPSA) is 40.5 Å². The molecule has 0 aromatic carbocycles. The van der Waals surface area contributed by atoms with Gasteiger partial charge in [0.1, 0.15) is 11.5 Å². The van der Waals surface area contributed by atoms with Crippen LogP contribution in [0.15, 0.2) is 11.5 Å². The van der Waals surface area contributed by atoms with Crippen LogP contribution in [0.3, 0.4) is 0 Å². The van der Waals surface area contributed by atoms with Crippen LogP contribution in [-0.2, 0) is 0 Å². The van der Waals surface area contributed by atoms with Gasteiger partial charge in [-0.1, -0.05) is 6.42 Å². The van der Waals surface area contributed by atoms with E-state index in [0.717, 1.165) is 19.3 Å². The van der Waals surface area contributed by atoms with E-state index in [0.29, 0.717) is 12.8 Å². The van der Waals surface area contributed by atoms with Gasteiger partial charge in [0.2, 0.25) is 0 Å². The Kier molecular flexibility index (Phi) is 1.98. The smallest absolute Gasteiger partial charge is 0.129 e. The van der Waals surface area contributed by atoms with E-state index in [-0.39, 0.29) is 11.5 Å². The highest BCUT2D eigenvalue weighted by Gasteiger charge is 2.07. The van der Waals surface area contributed by atoms with Gasteiger partial charge in [-0.25, -0.2) is 0 Å². The third-order valence-corrected chi connectivity index (χ3v) is 1.66. The molecule has 2 nitrogen and oxygen atoms in total. The first-order chi connectivity index (χ1) is 4.30. The number of hydrogen-bond donors (Lipinski definition) is 2. The fourth-order valence-electron chi connectivity index (χ4n) is 1.05. The molecule has 0 bridgehead atoms. The highest BCUT2D eigenvalue weighted by molar-refractivity contribution is 4.99. The summed E-state index contributed by atoms with van der Waals surface area (Å²) >= 11 is 0. The summed E-state index contributed by atoms with van der Waals surface area (Å²) in [5, 5.41) is 18.0. The Morgan fingerprint density at radius 2 is 1.22 bits per heavy atom. The molecule has 1 aliphatic carbocycles. The summed E-state index contributed by atoms with van der Waals surface area (Å²) in [7, 11) is 0. The van der Waals surface area contributed by atoms with E-state index < -0.39 is 0 Å². The van der Waals surface area contributed by atoms with Gasteiger partial charge in [0.05, 0.1) is 0 Å². The first kappa shape index (κ1) is 6.46. The fraction of sp³-hybridized carbons (Fsp3) is 0.714. The lowest BCUT2D eigenvalue weighted by Crippen LogP contribution is -1.86. The maximum absolute atomic E-state index is 8.99. The molecule has 2 heteroatoms. The molecule has 0 heterocycles. The predicted molar refractivity (Wildman–Crippen MR) is 35.4 cm³/mol. The van der Waals surface area contributed by atoms with Crippen molar-refractivity contribution in [1.29, 1.82) is 0 Å². The van der Waals surface area contributed by atoms with Gasteiger partial charge in [0, 0.05) is 12.8 Å². The number of allylic oxidation sites excluding steroid dienone is 2. The van der Waals surface area contributed by atoms with Crippen LogP contribution in [0.4, 0.5) is 0 Å². The van der Waals surface area contributed by atoms with E-state index in [1.165, 1.54) is 0 Å². The zero-order valence-corrected chi connectivity index (χ0v) is 5.43. The van der Waals surface area contributed by atoms with Crippen LogP contribution in [0.1, 0.15) is 32.1 Å². The molecule has 0 saturated carbocycles. The summed E-state index contributed by atoms with van der Waals surface area (Å²) in [5.41, 5.74) is 0. The Morgan fingerprint density at radius 3 is 1.67 bits per heavy atom. The zero-order chi connectivity index (χ0) is 6.69. The lowest BCUT2D eigenvalue weighted by atomic mass is 10.2. The van der Waals surface area contributed by atoms with Crippen molar-refractivity contribution >= 4 is 0 Å². The summed E-state index contributed by atoms with van der Waals surface area (Å²) < 4.78 is 0. The van der Waals surface area contributed by atoms with E-state index in [4.69, 9.17) is 10.2 Å². The Morgan fingerprint density at radius 1 is 0.778 bits per heavy atom. The number of aliphatic hydroxyl groups excluding tert-OH is 2. The van der Waals surface area contributed by atoms with Gasteiger partial charge in [-0.05, 0) is 12.8 Å². The molecule has 0 fully saturated rings. The summed E-state index contributed by atoms with van der Waals surface area (Å²) in [6, 6.07) is 0. The minimum Gasteiger partial charge on any atom is -0.509 e. The van der Waals surface area contributed by atoms with Crippen LogP contribution in [0.5, 0.6) is 0 Å². The highest BCUT2D eigenvalue weighted by atomic mass is 16.3. The molecule has 0 aromatic rings. The summed E-state index contributed by atoms with van der Waals surface area (Å²) in [4.78, 5) is 0. The second-order valence-electron chi connectivity index (χ2n) is 2.45.